The Kier molecular flexibility index (Phi) is 3.29. The van der Waals surface area contributed by atoms with Gasteiger partial charge in [0.25, 0.3) is 0 Å². The highest BCUT2D eigenvalue weighted by molar-refractivity contribution is 9.08. The highest BCUT2D eigenvalue weighted by Crippen LogP contribution is 2.15. The first-order valence-corrected chi connectivity index (χ1v) is 7.40. The molecule has 3 aromatic heterocycles. The first kappa shape index (κ1) is 11.7. The van der Waals surface area contributed by atoms with Crippen LogP contribution in [-0.2, 0) is 11.9 Å². The maximum Gasteiger partial charge on any atom is 0.193 e. The number of rotatable bonds is 4. The van der Waals surface area contributed by atoms with Gasteiger partial charge in [0, 0.05) is 23.1 Å². The Morgan fingerprint density at radius 3 is 3.00 bits per heavy atom. The fourth-order valence-electron chi connectivity index (χ4n) is 1.58. The molecule has 0 spiro atoms. The summed E-state index contributed by atoms with van der Waals surface area (Å²) < 4.78 is 7.64. The van der Waals surface area contributed by atoms with Gasteiger partial charge in [0.1, 0.15) is 12.4 Å². The SMILES string of the molecule is BrCc1ccc(OCc2cn3ccsc3n2)cn1. The average molecular weight is 324 g/mol. The van der Waals surface area contributed by atoms with Gasteiger partial charge in [-0.2, -0.15) is 0 Å². The van der Waals surface area contributed by atoms with Crippen LogP contribution in [0.2, 0.25) is 0 Å². The van der Waals surface area contributed by atoms with E-state index in [0.717, 1.165) is 27.4 Å². The van der Waals surface area contributed by atoms with Gasteiger partial charge in [0.2, 0.25) is 0 Å². The highest BCUT2D eigenvalue weighted by atomic mass is 79.9. The molecular formula is C12H10BrN3OS. The van der Waals surface area contributed by atoms with Gasteiger partial charge in [-0.25, -0.2) is 4.98 Å². The van der Waals surface area contributed by atoms with Gasteiger partial charge in [0.15, 0.2) is 4.96 Å². The third kappa shape index (κ3) is 2.39. The zero-order valence-electron chi connectivity index (χ0n) is 9.41. The van der Waals surface area contributed by atoms with Crippen LogP contribution in [0.3, 0.4) is 0 Å². The van der Waals surface area contributed by atoms with Crippen LogP contribution in [0, 0.1) is 0 Å². The first-order chi connectivity index (χ1) is 8.85. The van der Waals surface area contributed by atoms with Gasteiger partial charge < -0.3 is 4.74 Å². The normalized spacial score (nSPS) is 10.9. The van der Waals surface area contributed by atoms with Crippen LogP contribution in [0.4, 0.5) is 0 Å². The Bertz CT molecular complexity index is 618. The molecule has 0 fully saturated rings. The number of ether oxygens (including phenoxy) is 1. The molecule has 0 aliphatic carbocycles. The van der Waals surface area contributed by atoms with E-state index in [9.17, 15) is 0 Å². The molecule has 0 saturated carbocycles. The zero-order valence-corrected chi connectivity index (χ0v) is 11.8. The van der Waals surface area contributed by atoms with Crippen LogP contribution in [-0.4, -0.2) is 14.4 Å². The lowest BCUT2D eigenvalue weighted by atomic mass is 10.4. The fourth-order valence-corrected chi connectivity index (χ4v) is 2.63. The molecule has 3 heterocycles. The van der Waals surface area contributed by atoms with Crippen LogP contribution < -0.4 is 4.74 Å². The summed E-state index contributed by atoms with van der Waals surface area (Å²) in [6, 6.07) is 3.86. The number of fused-ring (bicyclic) bond motifs is 1. The number of halogens is 1. The number of thiazole rings is 1. The number of aromatic nitrogens is 3. The third-order valence-electron chi connectivity index (χ3n) is 2.46. The minimum absolute atomic E-state index is 0.462. The fraction of sp³-hybridized carbons (Fsp3) is 0.167. The van der Waals surface area contributed by atoms with E-state index in [4.69, 9.17) is 4.74 Å². The summed E-state index contributed by atoms with van der Waals surface area (Å²) >= 11 is 4.97. The average Bonchev–Trinajstić information content (AvgIpc) is 2.97. The van der Waals surface area contributed by atoms with Gasteiger partial charge in [-0.1, -0.05) is 15.9 Å². The van der Waals surface area contributed by atoms with Crippen LogP contribution >= 0.6 is 27.3 Å². The van der Waals surface area contributed by atoms with Crippen molar-refractivity contribution in [1.82, 2.24) is 14.4 Å². The molecule has 0 aliphatic rings. The summed E-state index contributed by atoms with van der Waals surface area (Å²) in [5.74, 6) is 0.760. The summed E-state index contributed by atoms with van der Waals surface area (Å²) in [5, 5.41) is 2.76. The van der Waals surface area contributed by atoms with E-state index in [-0.39, 0.29) is 0 Å². The van der Waals surface area contributed by atoms with Crippen LogP contribution in [0.25, 0.3) is 4.96 Å². The largest absolute Gasteiger partial charge is 0.486 e. The molecule has 18 heavy (non-hydrogen) atoms. The Morgan fingerprint density at radius 1 is 1.33 bits per heavy atom. The van der Waals surface area contributed by atoms with Crippen molar-refractivity contribution in [3.8, 4) is 5.75 Å². The molecule has 3 rings (SSSR count). The van der Waals surface area contributed by atoms with Crippen LogP contribution in [0.15, 0.2) is 36.1 Å². The molecule has 0 saturated heterocycles. The van der Waals surface area contributed by atoms with E-state index < -0.39 is 0 Å². The van der Waals surface area contributed by atoms with Gasteiger partial charge >= 0.3 is 0 Å². The molecule has 4 nitrogen and oxygen atoms in total. The number of hydrogen-bond acceptors (Lipinski definition) is 4. The van der Waals surface area contributed by atoms with Crippen LogP contribution in [0.1, 0.15) is 11.4 Å². The number of nitrogens with zero attached hydrogens (tertiary/aromatic N) is 3. The van der Waals surface area contributed by atoms with E-state index in [1.54, 1.807) is 17.5 Å². The monoisotopic (exact) mass is 323 g/mol. The topological polar surface area (TPSA) is 39.4 Å². The molecule has 0 aliphatic heterocycles. The minimum Gasteiger partial charge on any atom is -0.486 e. The Morgan fingerprint density at radius 2 is 2.28 bits per heavy atom. The molecule has 0 N–H and O–H groups in total. The van der Waals surface area contributed by atoms with Gasteiger partial charge in [-0.05, 0) is 12.1 Å². The lowest BCUT2D eigenvalue weighted by molar-refractivity contribution is 0.301. The molecule has 0 radical (unpaired) electrons. The smallest absolute Gasteiger partial charge is 0.193 e. The molecule has 0 amide bonds. The van der Waals surface area contributed by atoms with Gasteiger partial charge in [-0.3, -0.25) is 9.38 Å². The second-order valence-electron chi connectivity index (χ2n) is 3.73. The van der Waals surface area contributed by atoms with Crippen molar-refractivity contribution in [2.75, 3.05) is 0 Å². The van der Waals surface area contributed by atoms with Crippen molar-refractivity contribution >= 4 is 32.2 Å². The maximum absolute atomic E-state index is 5.64. The summed E-state index contributed by atoms with van der Waals surface area (Å²) in [4.78, 5) is 9.68. The molecular weight excluding hydrogens is 314 g/mol. The van der Waals surface area contributed by atoms with E-state index in [2.05, 4.69) is 25.9 Å². The highest BCUT2D eigenvalue weighted by Gasteiger charge is 2.03. The summed E-state index contributed by atoms with van der Waals surface area (Å²) in [5.41, 5.74) is 1.91. The van der Waals surface area contributed by atoms with Crippen molar-refractivity contribution in [1.29, 1.82) is 0 Å². The van der Waals surface area contributed by atoms with Crippen LogP contribution in [0.5, 0.6) is 5.75 Å². The van der Waals surface area contributed by atoms with Crippen molar-refractivity contribution in [3.63, 3.8) is 0 Å². The molecule has 0 atom stereocenters. The number of hydrogen-bond donors (Lipinski definition) is 0. The standard InChI is InChI=1S/C12H10BrN3OS/c13-5-9-1-2-11(6-14-9)17-8-10-7-16-3-4-18-12(16)15-10/h1-4,6-7H,5,8H2. The summed E-state index contributed by atoms with van der Waals surface area (Å²) in [7, 11) is 0. The Hall–Kier alpha value is -1.40. The molecule has 6 heteroatoms. The van der Waals surface area contributed by atoms with E-state index >= 15 is 0 Å². The molecule has 3 aromatic rings. The van der Waals surface area contributed by atoms with Crippen molar-refractivity contribution in [3.05, 3.63) is 47.5 Å². The number of imidazole rings is 1. The predicted molar refractivity (Wildman–Crippen MR) is 74.3 cm³/mol. The molecule has 92 valence electrons. The summed E-state index contributed by atoms with van der Waals surface area (Å²) in [6.45, 7) is 0.462. The zero-order chi connectivity index (χ0) is 12.4. The number of pyridine rings is 1. The molecule has 0 aromatic carbocycles. The predicted octanol–water partition coefficient (Wildman–Crippen LogP) is 3.26. The second-order valence-corrected chi connectivity index (χ2v) is 5.17. The van der Waals surface area contributed by atoms with Gasteiger partial charge in [0.05, 0.1) is 17.6 Å². The second kappa shape index (κ2) is 5.07. The number of alkyl halides is 1. The van der Waals surface area contributed by atoms with Gasteiger partial charge in [-0.15, -0.1) is 11.3 Å². The van der Waals surface area contributed by atoms with Crippen molar-refractivity contribution in [2.24, 2.45) is 0 Å². The van der Waals surface area contributed by atoms with Crippen molar-refractivity contribution in [2.45, 2.75) is 11.9 Å². The first-order valence-electron chi connectivity index (χ1n) is 5.40. The third-order valence-corrected chi connectivity index (χ3v) is 3.81. The Balaban J connectivity index is 1.68. The summed E-state index contributed by atoms with van der Waals surface area (Å²) in [6.07, 6.45) is 5.70. The molecule has 0 bridgehead atoms. The van der Waals surface area contributed by atoms with E-state index in [1.165, 1.54) is 0 Å². The maximum atomic E-state index is 5.64. The van der Waals surface area contributed by atoms with E-state index in [0.29, 0.717) is 6.61 Å². The van der Waals surface area contributed by atoms with Crippen molar-refractivity contribution < 1.29 is 4.74 Å². The minimum atomic E-state index is 0.462. The lowest BCUT2D eigenvalue weighted by Gasteiger charge is -2.03. The lowest BCUT2D eigenvalue weighted by Crippen LogP contribution is -1.96. The quantitative estimate of drug-likeness (QED) is 0.692. The molecule has 0 unspecified atom stereocenters. The Labute approximate surface area is 116 Å². The van der Waals surface area contributed by atoms with E-state index in [1.807, 2.05) is 34.3 Å².